The van der Waals surface area contributed by atoms with Crippen LogP contribution in [0.2, 0.25) is 0 Å². The summed E-state index contributed by atoms with van der Waals surface area (Å²) in [5.74, 6) is -3.12. The zero-order chi connectivity index (χ0) is 32.0. The third-order valence-electron chi connectivity index (χ3n) is 7.43. The highest BCUT2D eigenvalue weighted by atomic mass is 32.3. The van der Waals surface area contributed by atoms with Crippen LogP contribution >= 0.6 is 22.4 Å². The van der Waals surface area contributed by atoms with E-state index in [4.69, 9.17) is 9.84 Å². The van der Waals surface area contributed by atoms with Gasteiger partial charge in [-0.1, -0.05) is 39.5 Å². The summed E-state index contributed by atoms with van der Waals surface area (Å²) in [4.78, 5) is 26.7. The number of unbranched alkanes of at least 4 members (excludes halogenated alkanes) is 2. The number of hydrogen-bond donors (Lipinski definition) is 4. The summed E-state index contributed by atoms with van der Waals surface area (Å²) in [6.45, 7) is 10.5. The Balaban J connectivity index is 2.21. The molecule has 43 heavy (non-hydrogen) atoms. The fourth-order valence-corrected chi connectivity index (χ4v) is 8.09. The maximum Gasteiger partial charge on any atom is 0.368 e. The Labute approximate surface area is 260 Å². The number of rotatable bonds is 12. The second-order valence-electron chi connectivity index (χ2n) is 12.2. The molecule has 0 aliphatic carbocycles. The van der Waals surface area contributed by atoms with E-state index in [-0.39, 0.29) is 27.8 Å². The van der Waals surface area contributed by atoms with E-state index in [1.807, 2.05) is 32.9 Å². The number of aliphatic carboxylic acids is 1. The quantitative estimate of drug-likeness (QED) is 0.104. The molecule has 1 heterocycles. The first-order chi connectivity index (χ1) is 20.1. The molecule has 0 atom stereocenters. The maximum absolute atomic E-state index is 13.8. The third-order valence-corrected chi connectivity index (χ3v) is 10.2. The number of carboxylic acid groups (broad SMARTS) is 1. The van der Waals surface area contributed by atoms with Crippen molar-refractivity contribution in [3.05, 3.63) is 54.1 Å². The van der Waals surface area contributed by atoms with Crippen LogP contribution in [0.25, 0.3) is 0 Å². The number of nitrogens with one attached hydrogen (secondary N) is 1. The lowest BCUT2D eigenvalue weighted by atomic mass is 9.79. The highest BCUT2D eigenvalue weighted by Gasteiger charge is 2.42. The van der Waals surface area contributed by atoms with Gasteiger partial charge >= 0.3 is 5.97 Å². The van der Waals surface area contributed by atoms with Crippen molar-refractivity contribution in [2.45, 2.75) is 88.5 Å². The smallest absolute Gasteiger partial charge is 0.368 e. The first-order valence-corrected chi connectivity index (χ1v) is 17.5. The molecule has 2 aromatic rings. The van der Waals surface area contributed by atoms with Crippen LogP contribution in [0.4, 0.5) is 15.8 Å². The standard InChI is InChI=1S/C32H45FN2O6S2/c1-7-9-15-32(16-10-8-2)20-35(23-13-11-22(12-14-23)29(36)34-31(3,4)5)25-17-27(42-6)26(41-19-24(33)30(37)38)18-28(25)43(39,40)21-32/h11-14,17-19,39-40H,7-10,15-16,20-21H2,1-6H3,(H,34,36)(H,37,38). The molecule has 2 aromatic carbocycles. The van der Waals surface area contributed by atoms with Crippen LogP contribution in [0.5, 0.6) is 5.75 Å². The Bertz CT molecular complexity index is 1320. The van der Waals surface area contributed by atoms with Crippen LogP contribution in [0.15, 0.2) is 58.3 Å². The molecule has 238 valence electrons. The predicted octanol–water partition coefficient (Wildman–Crippen LogP) is 8.84. The molecule has 0 unspecified atom stereocenters. The lowest BCUT2D eigenvalue weighted by molar-refractivity contribution is -0.134. The van der Waals surface area contributed by atoms with Gasteiger partial charge in [-0.3, -0.25) is 13.9 Å². The minimum absolute atomic E-state index is 0.131. The zero-order valence-corrected chi connectivity index (χ0v) is 27.5. The monoisotopic (exact) mass is 636 g/mol. The largest absolute Gasteiger partial charge is 0.476 e. The molecule has 4 N–H and O–H groups in total. The molecule has 0 fully saturated rings. The van der Waals surface area contributed by atoms with Crippen molar-refractivity contribution in [2.24, 2.45) is 5.41 Å². The lowest BCUT2D eigenvalue weighted by Crippen LogP contribution is -2.40. The predicted molar refractivity (Wildman–Crippen MR) is 174 cm³/mol. The summed E-state index contributed by atoms with van der Waals surface area (Å²) in [6, 6.07) is 10.6. The molecule has 0 saturated carbocycles. The van der Waals surface area contributed by atoms with Crippen molar-refractivity contribution < 1.29 is 32.9 Å². The molecule has 8 nitrogen and oxygen atoms in total. The number of halogens is 1. The number of anilines is 2. The lowest BCUT2D eigenvalue weighted by Gasteiger charge is -2.42. The van der Waals surface area contributed by atoms with Crippen molar-refractivity contribution >= 4 is 45.6 Å². The van der Waals surface area contributed by atoms with Gasteiger partial charge in [-0.15, -0.1) is 11.8 Å². The Morgan fingerprint density at radius 3 is 2.23 bits per heavy atom. The highest BCUT2D eigenvalue weighted by Crippen LogP contribution is 2.62. The van der Waals surface area contributed by atoms with Gasteiger partial charge < -0.3 is 20.1 Å². The Kier molecular flexibility index (Phi) is 11.6. The molecule has 1 aliphatic heterocycles. The van der Waals surface area contributed by atoms with Gasteiger partial charge in [0.25, 0.3) is 5.91 Å². The number of carbonyl (C=O) groups is 2. The van der Waals surface area contributed by atoms with Gasteiger partial charge in [0.1, 0.15) is 12.0 Å². The van der Waals surface area contributed by atoms with Crippen molar-refractivity contribution in [1.82, 2.24) is 5.32 Å². The van der Waals surface area contributed by atoms with E-state index >= 15 is 0 Å². The van der Waals surface area contributed by atoms with Gasteiger partial charge in [-0.2, -0.15) is 15.0 Å². The van der Waals surface area contributed by atoms with Crippen molar-refractivity contribution in [2.75, 3.05) is 23.5 Å². The summed E-state index contributed by atoms with van der Waals surface area (Å²) in [6.07, 6.45) is 7.72. The van der Waals surface area contributed by atoms with E-state index in [2.05, 4.69) is 24.1 Å². The average molecular weight is 637 g/mol. The number of amides is 1. The van der Waals surface area contributed by atoms with Crippen molar-refractivity contribution in [3.63, 3.8) is 0 Å². The van der Waals surface area contributed by atoms with Gasteiger partial charge in [-0.25, -0.2) is 4.79 Å². The number of thioether (sulfide) groups is 1. The molecular weight excluding hydrogens is 591 g/mol. The van der Waals surface area contributed by atoms with E-state index < -0.39 is 27.8 Å². The molecule has 0 aromatic heterocycles. The number of benzene rings is 2. The molecule has 3 rings (SSSR count). The minimum Gasteiger partial charge on any atom is -0.476 e. The molecule has 1 amide bonds. The van der Waals surface area contributed by atoms with Crippen molar-refractivity contribution in [3.8, 4) is 5.75 Å². The fourth-order valence-electron chi connectivity index (χ4n) is 5.36. The second-order valence-corrected chi connectivity index (χ2v) is 15.1. The summed E-state index contributed by atoms with van der Waals surface area (Å²) >= 11 is 1.31. The van der Waals surface area contributed by atoms with Crippen LogP contribution in [0.1, 0.15) is 83.5 Å². The van der Waals surface area contributed by atoms with E-state index in [9.17, 15) is 23.1 Å². The molecule has 1 aliphatic rings. The molecular formula is C32H45FN2O6S2. The van der Waals surface area contributed by atoms with Crippen LogP contribution in [-0.4, -0.2) is 50.2 Å². The van der Waals surface area contributed by atoms with Gasteiger partial charge in [0, 0.05) is 40.6 Å². The Hall–Kier alpha value is -2.73. The number of fused-ring (bicyclic) bond motifs is 1. The Morgan fingerprint density at radius 2 is 1.72 bits per heavy atom. The van der Waals surface area contributed by atoms with E-state index in [0.717, 1.165) is 44.2 Å². The summed E-state index contributed by atoms with van der Waals surface area (Å²) in [5, 5.41) is 11.9. The Morgan fingerprint density at radius 1 is 1.12 bits per heavy atom. The summed E-state index contributed by atoms with van der Waals surface area (Å²) in [7, 11) is -3.36. The molecule has 0 radical (unpaired) electrons. The van der Waals surface area contributed by atoms with Crippen LogP contribution in [-0.2, 0) is 4.79 Å². The van der Waals surface area contributed by atoms with Gasteiger partial charge in [0.05, 0.1) is 15.5 Å². The van der Waals surface area contributed by atoms with Gasteiger partial charge in [-0.05, 0) is 70.2 Å². The van der Waals surface area contributed by atoms with Crippen LogP contribution < -0.4 is 15.0 Å². The molecule has 0 bridgehead atoms. The van der Waals surface area contributed by atoms with E-state index in [1.165, 1.54) is 17.8 Å². The maximum atomic E-state index is 13.8. The second kappa shape index (κ2) is 14.4. The SMILES string of the molecule is CCCCC1(CCCC)CN(c2ccc(C(=O)NC(C)(C)C)cc2)c2cc(SC)c(OC=C(F)C(=O)O)cc2S(O)(O)C1. The summed E-state index contributed by atoms with van der Waals surface area (Å²) in [5.41, 5.74) is 1.09. The normalized spacial score (nSPS) is 17.0. The zero-order valence-electron chi connectivity index (χ0n) is 25.9. The number of hydrogen-bond acceptors (Lipinski definition) is 7. The van der Waals surface area contributed by atoms with Gasteiger partial charge in [0.15, 0.2) is 0 Å². The first kappa shape index (κ1) is 34.8. The average Bonchev–Trinajstić information content (AvgIpc) is 3.04. The minimum atomic E-state index is -3.36. The fraction of sp³-hybridized carbons (Fsp3) is 0.500. The van der Waals surface area contributed by atoms with Crippen LogP contribution in [0.3, 0.4) is 0 Å². The van der Waals surface area contributed by atoms with Crippen molar-refractivity contribution in [1.29, 1.82) is 0 Å². The van der Waals surface area contributed by atoms with E-state index in [1.54, 1.807) is 24.5 Å². The number of carboxylic acids is 1. The van der Waals surface area contributed by atoms with Gasteiger partial charge in [0.2, 0.25) is 5.83 Å². The highest BCUT2D eigenvalue weighted by molar-refractivity contribution is 8.24. The topological polar surface area (TPSA) is 119 Å². The number of carbonyl (C=O) groups excluding carboxylic acids is 1. The van der Waals surface area contributed by atoms with Crippen LogP contribution in [0, 0.1) is 5.41 Å². The molecule has 11 heteroatoms. The summed E-state index contributed by atoms with van der Waals surface area (Å²) < 4.78 is 42.8. The molecule has 0 spiro atoms. The number of nitrogens with zero attached hydrogens (tertiary/aromatic N) is 1. The van der Waals surface area contributed by atoms with E-state index in [0.29, 0.717) is 29.0 Å². The number of ether oxygens (including phenoxy) is 1. The third kappa shape index (κ3) is 8.90. The first-order valence-electron chi connectivity index (χ1n) is 14.6. The molecule has 0 saturated heterocycles.